The van der Waals surface area contributed by atoms with Crippen LogP contribution in [-0.4, -0.2) is 34.6 Å². The van der Waals surface area contributed by atoms with Crippen LogP contribution in [-0.2, 0) is 0 Å². The molecule has 0 radical (unpaired) electrons. The summed E-state index contributed by atoms with van der Waals surface area (Å²) in [5.74, 6) is 1.33. The van der Waals surface area contributed by atoms with Crippen LogP contribution in [0.3, 0.4) is 0 Å². The fraction of sp³-hybridized carbons (Fsp3) is 0.263. The predicted octanol–water partition coefficient (Wildman–Crippen LogP) is 3.25. The molecular weight excluding hydrogens is 314 g/mol. The molecule has 6 nitrogen and oxygen atoms in total. The largest absolute Gasteiger partial charge is 0.490 e. The molecule has 128 valence electrons. The highest BCUT2D eigenvalue weighted by Crippen LogP contribution is 2.38. The van der Waals surface area contributed by atoms with E-state index in [0.29, 0.717) is 5.95 Å². The Morgan fingerprint density at radius 2 is 2.12 bits per heavy atom. The first-order valence-electron chi connectivity index (χ1n) is 8.46. The normalized spacial score (nSPS) is 13.4. The molecule has 6 heteroatoms. The molecule has 3 heterocycles. The molecule has 2 aromatic heterocycles. The number of nitrogens with two attached hydrogens (primary N) is 1. The van der Waals surface area contributed by atoms with Gasteiger partial charge in [0.15, 0.2) is 5.95 Å². The maximum absolute atomic E-state index is 5.97. The van der Waals surface area contributed by atoms with Crippen LogP contribution in [0, 0.1) is 6.92 Å². The number of hydrogen-bond donors (Lipinski definition) is 2. The number of likely N-dealkylation sites (N-methyl/N-ethyl adjacent to an activating group) is 1. The molecule has 0 unspecified atom stereocenters. The van der Waals surface area contributed by atoms with Gasteiger partial charge in [-0.1, -0.05) is 0 Å². The molecule has 25 heavy (non-hydrogen) atoms. The lowest BCUT2D eigenvalue weighted by molar-refractivity contribution is 0.308. The first-order valence-corrected chi connectivity index (χ1v) is 8.46. The topological polar surface area (TPSA) is 80.1 Å². The van der Waals surface area contributed by atoms with Crippen molar-refractivity contribution in [3.05, 3.63) is 42.2 Å². The first kappa shape index (κ1) is 15.5. The van der Waals surface area contributed by atoms with Gasteiger partial charge in [-0.2, -0.15) is 0 Å². The lowest BCUT2D eigenvalue weighted by atomic mass is 10.0. The smallest absolute Gasteiger partial charge is 0.198 e. The Morgan fingerprint density at radius 3 is 2.92 bits per heavy atom. The second kappa shape index (κ2) is 6.12. The van der Waals surface area contributed by atoms with Crippen LogP contribution in [0.2, 0.25) is 0 Å². The van der Waals surface area contributed by atoms with E-state index >= 15 is 0 Å². The van der Waals surface area contributed by atoms with Gasteiger partial charge in [0, 0.05) is 29.6 Å². The number of anilines is 2. The van der Waals surface area contributed by atoms with Crippen molar-refractivity contribution in [1.29, 1.82) is 0 Å². The summed E-state index contributed by atoms with van der Waals surface area (Å²) < 4.78 is 5.78. The number of nitrogen functional groups attached to an aromatic ring is 1. The zero-order chi connectivity index (χ0) is 17.4. The van der Waals surface area contributed by atoms with E-state index in [0.717, 1.165) is 59.3 Å². The number of ether oxygens (including phenoxy) is 1. The monoisotopic (exact) mass is 335 g/mol. The van der Waals surface area contributed by atoms with E-state index in [1.54, 1.807) is 6.20 Å². The van der Waals surface area contributed by atoms with E-state index in [-0.39, 0.29) is 0 Å². The second-order valence-electron chi connectivity index (χ2n) is 6.14. The average molecular weight is 335 g/mol. The number of fused-ring (bicyclic) bond motifs is 1. The third-order valence-corrected chi connectivity index (χ3v) is 4.48. The molecule has 1 aromatic carbocycles. The Hall–Kier alpha value is -3.02. The molecule has 0 bridgehead atoms. The molecule has 0 saturated carbocycles. The lowest BCUT2D eigenvalue weighted by Gasteiger charge is -2.30. The van der Waals surface area contributed by atoms with Crippen molar-refractivity contribution in [3.8, 4) is 28.3 Å². The summed E-state index contributed by atoms with van der Waals surface area (Å²) in [5, 5.41) is 0. The van der Waals surface area contributed by atoms with Gasteiger partial charge < -0.3 is 20.4 Å². The predicted molar refractivity (Wildman–Crippen MR) is 99.8 cm³/mol. The van der Waals surface area contributed by atoms with Crippen LogP contribution in [0.5, 0.6) is 5.75 Å². The van der Waals surface area contributed by atoms with Crippen LogP contribution >= 0.6 is 0 Å². The number of H-pyrrole nitrogens is 1. The molecule has 0 saturated heterocycles. The summed E-state index contributed by atoms with van der Waals surface area (Å²) >= 11 is 0. The number of benzene rings is 1. The number of rotatable bonds is 3. The summed E-state index contributed by atoms with van der Waals surface area (Å²) in [4.78, 5) is 14.3. The lowest BCUT2D eigenvalue weighted by Crippen LogP contribution is -2.32. The van der Waals surface area contributed by atoms with Crippen LogP contribution in [0.15, 0.2) is 36.5 Å². The van der Waals surface area contributed by atoms with Crippen molar-refractivity contribution >= 4 is 11.6 Å². The van der Waals surface area contributed by atoms with E-state index in [2.05, 4.69) is 32.8 Å². The standard InChI is InChI=1S/C19H21N5O/c1-3-24-8-9-25-16-5-4-13(11-15(16)24)17-18(23-19(20)22-17)14-6-7-21-12(2)10-14/h4-7,10-11H,3,8-9H2,1-2H3,(H3,20,22,23). The highest BCUT2D eigenvalue weighted by Gasteiger charge is 2.20. The molecule has 4 rings (SSSR count). The number of imidazole rings is 1. The van der Waals surface area contributed by atoms with Crippen molar-refractivity contribution in [2.24, 2.45) is 0 Å². The van der Waals surface area contributed by atoms with E-state index in [4.69, 9.17) is 10.5 Å². The van der Waals surface area contributed by atoms with Crippen molar-refractivity contribution in [2.45, 2.75) is 13.8 Å². The summed E-state index contributed by atoms with van der Waals surface area (Å²) in [6.07, 6.45) is 1.79. The minimum Gasteiger partial charge on any atom is -0.490 e. The molecule has 0 fully saturated rings. The highest BCUT2D eigenvalue weighted by atomic mass is 16.5. The SMILES string of the molecule is CCN1CCOc2ccc(-c3[nH]c(N)nc3-c3ccnc(C)c3)cc21. The van der Waals surface area contributed by atoms with E-state index < -0.39 is 0 Å². The van der Waals surface area contributed by atoms with Gasteiger partial charge in [-0.05, 0) is 44.2 Å². The van der Waals surface area contributed by atoms with Gasteiger partial charge in [0.1, 0.15) is 12.4 Å². The number of nitrogens with zero attached hydrogens (tertiary/aromatic N) is 3. The van der Waals surface area contributed by atoms with E-state index in [9.17, 15) is 0 Å². The van der Waals surface area contributed by atoms with Crippen molar-refractivity contribution in [2.75, 3.05) is 30.3 Å². The number of aromatic amines is 1. The minimum atomic E-state index is 0.404. The Balaban J connectivity index is 1.83. The van der Waals surface area contributed by atoms with Gasteiger partial charge in [-0.25, -0.2) is 4.98 Å². The van der Waals surface area contributed by atoms with Gasteiger partial charge in [-0.3, -0.25) is 4.98 Å². The third-order valence-electron chi connectivity index (χ3n) is 4.48. The Morgan fingerprint density at radius 1 is 1.24 bits per heavy atom. The number of nitrogens with one attached hydrogen (secondary N) is 1. The van der Waals surface area contributed by atoms with Crippen molar-refractivity contribution in [1.82, 2.24) is 15.0 Å². The fourth-order valence-corrected chi connectivity index (χ4v) is 3.26. The summed E-state index contributed by atoms with van der Waals surface area (Å²) in [5.41, 5.74) is 11.8. The summed E-state index contributed by atoms with van der Waals surface area (Å²) in [6.45, 7) is 6.68. The molecule has 0 amide bonds. The third kappa shape index (κ3) is 2.80. The molecule has 0 atom stereocenters. The Kier molecular flexibility index (Phi) is 3.80. The van der Waals surface area contributed by atoms with Crippen molar-refractivity contribution in [3.63, 3.8) is 0 Å². The highest BCUT2D eigenvalue weighted by molar-refractivity contribution is 5.82. The van der Waals surface area contributed by atoms with Gasteiger partial charge in [-0.15, -0.1) is 0 Å². The van der Waals surface area contributed by atoms with Crippen LogP contribution in [0.1, 0.15) is 12.6 Å². The van der Waals surface area contributed by atoms with Gasteiger partial charge in [0.2, 0.25) is 0 Å². The molecular formula is C19H21N5O. The van der Waals surface area contributed by atoms with Gasteiger partial charge >= 0.3 is 0 Å². The van der Waals surface area contributed by atoms with Crippen LogP contribution in [0.4, 0.5) is 11.6 Å². The van der Waals surface area contributed by atoms with E-state index in [1.807, 2.05) is 31.2 Å². The zero-order valence-electron chi connectivity index (χ0n) is 14.4. The number of aromatic nitrogens is 3. The maximum Gasteiger partial charge on any atom is 0.198 e. The molecule has 1 aliphatic heterocycles. The molecule has 0 aliphatic carbocycles. The first-order chi connectivity index (χ1) is 12.2. The molecule has 1 aliphatic rings. The Bertz CT molecular complexity index is 918. The summed E-state index contributed by atoms with van der Waals surface area (Å²) in [7, 11) is 0. The van der Waals surface area contributed by atoms with Crippen molar-refractivity contribution < 1.29 is 4.74 Å². The van der Waals surface area contributed by atoms with Gasteiger partial charge in [0.25, 0.3) is 0 Å². The quantitative estimate of drug-likeness (QED) is 0.768. The molecule has 0 spiro atoms. The number of pyridine rings is 1. The molecule has 3 N–H and O–H groups in total. The van der Waals surface area contributed by atoms with Crippen LogP contribution < -0.4 is 15.4 Å². The maximum atomic E-state index is 5.97. The van der Waals surface area contributed by atoms with Crippen LogP contribution in [0.25, 0.3) is 22.5 Å². The summed E-state index contributed by atoms with van der Waals surface area (Å²) in [6, 6.07) is 10.2. The molecule has 3 aromatic rings. The average Bonchev–Trinajstić information content (AvgIpc) is 3.02. The van der Waals surface area contributed by atoms with E-state index in [1.165, 1.54) is 0 Å². The number of hydrogen-bond acceptors (Lipinski definition) is 5. The number of aryl methyl sites for hydroxylation is 1. The minimum absolute atomic E-state index is 0.404. The second-order valence-corrected chi connectivity index (χ2v) is 6.14. The Labute approximate surface area is 146 Å². The van der Waals surface area contributed by atoms with Gasteiger partial charge in [0.05, 0.1) is 23.6 Å². The fourth-order valence-electron chi connectivity index (χ4n) is 3.26. The zero-order valence-corrected chi connectivity index (χ0v) is 14.4.